The average Bonchev–Trinajstić information content (AvgIpc) is 2.67. The number of aryl methyl sites for hydroxylation is 1. The molecule has 0 aliphatic carbocycles. The summed E-state index contributed by atoms with van der Waals surface area (Å²) < 4.78 is 32.4. The van der Waals surface area contributed by atoms with E-state index < -0.39 is 10.0 Å². The van der Waals surface area contributed by atoms with Gasteiger partial charge in [0, 0.05) is 30.8 Å². The minimum absolute atomic E-state index is 0.147. The maximum absolute atomic E-state index is 12.9. The van der Waals surface area contributed by atoms with E-state index >= 15 is 0 Å². The fourth-order valence-corrected chi connectivity index (χ4v) is 4.13. The summed E-state index contributed by atoms with van der Waals surface area (Å²) in [7, 11) is -2.24. The molecule has 29 heavy (non-hydrogen) atoms. The minimum atomic E-state index is -3.73. The number of hydrogen-bond donors (Lipinski definition) is 1. The van der Waals surface area contributed by atoms with Gasteiger partial charge in [-0.25, -0.2) is 8.42 Å². The Hall–Kier alpha value is -2.09. The Morgan fingerprint density at radius 2 is 1.83 bits per heavy atom. The van der Waals surface area contributed by atoms with Crippen molar-refractivity contribution in [3.05, 3.63) is 58.6 Å². The van der Waals surface area contributed by atoms with E-state index in [4.69, 9.17) is 16.3 Å². The van der Waals surface area contributed by atoms with Gasteiger partial charge in [0.05, 0.1) is 16.7 Å². The van der Waals surface area contributed by atoms with Crippen molar-refractivity contribution in [2.24, 2.45) is 0 Å². The van der Waals surface area contributed by atoms with E-state index in [1.165, 1.54) is 35.6 Å². The average molecular weight is 439 g/mol. The topological polar surface area (TPSA) is 75.7 Å². The Bertz CT molecular complexity index is 944. The molecule has 0 saturated carbocycles. The quantitative estimate of drug-likeness (QED) is 0.600. The fourth-order valence-electron chi connectivity index (χ4n) is 2.74. The predicted octanol–water partition coefficient (Wildman–Crippen LogP) is 4.02. The first-order valence-corrected chi connectivity index (χ1v) is 11.2. The summed E-state index contributed by atoms with van der Waals surface area (Å²) >= 11 is 5.84. The number of ether oxygens (including phenoxy) is 1. The number of sulfonamides is 1. The molecule has 2 aromatic rings. The van der Waals surface area contributed by atoms with Crippen LogP contribution < -0.4 is 9.62 Å². The van der Waals surface area contributed by atoms with Crippen LogP contribution in [0.3, 0.4) is 0 Å². The second kappa shape index (κ2) is 10.1. The van der Waals surface area contributed by atoms with Gasteiger partial charge >= 0.3 is 0 Å². The lowest BCUT2D eigenvalue weighted by Crippen LogP contribution is -2.28. The van der Waals surface area contributed by atoms with Crippen LogP contribution in [0.4, 0.5) is 5.69 Å². The SMILES string of the molecule is Cc1cc(C(=O)NCCCOC(C)C)ccc1N(C)S(=O)(=O)c1ccc(Cl)cc1. The van der Waals surface area contributed by atoms with Gasteiger partial charge in [0.15, 0.2) is 0 Å². The first kappa shape index (κ1) is 23.2. The Labute approximate surface area is 177 Å². The number of amides is 1. The summed E-state index contributed by atoms with van der Waals surface area (Å²) in [6, 6.07) is 10.9. The highest BCUT2D eigenvalue weighted by molar-refractivity contribution is 7.92. The molecule has 1 amide bonds. The number of anilines is 1. The number of rotatable bonds is 9. The molecule has 8 heteroatoms. The van der Waals surface area contributed by atoms with Crippen LogP contribution in [0.2, 0.25) is 5.02 Å². The molecule has 0 aliphatic heterocycles. The van der Waals surface area contributed by atoms with Gasteiger partial charge in [-0.15, -0.1) is 0 Å². The van der Waals surface area contributed by atoms with E-state index in [2.05, 4.69) is 5.32 Å². The fraction of sp³-hybridized carbons (Fsp3) is 0.381. The molecular weight excluding hydrogens is 412 g/mol. The first-order chi connectivity index (χ1) is 13.6. The Kier molecular flexibility index (Phi) is 8.07. The Morgan fingerprint density at radius 1 is 1.17 bits per heavy atom. The number of nitrogens with one attached hydrogen (secondary N) is 1. The van der Waals surface area contributed by atoms with Crippen LogP contribution in [0, 0.1) is 6.92 Å². The predicted molar refractivity (Wildman–Crippen MR) is 116 cm³/mol. The van der Waals surface area contributed by atoms with Crippen LogP contribution in [-0.2, 0) is 14.8 Å². The number of carbonyl (C=O) groups excluding carboxylic acids is 1. The van der Waals surface area contributed by atoms with E-state index in [-0.39, 0.29) is 16.9 Å². The van der Waals surface area contributed by atoms with Gasteiger partial charge in [-0.05, 0) is 75.2 Å². The number of hydrogen-bond acceptors (Lipinski definition) is 4. The molecule has 1 N–H and O–H groups in total. The molecule has 0 heterocycles. The number of carbonyl (C=O) groups is 1. The third-order valence-corrected chi connectivity index (χ3v) is 6.37. The van der Waals surface area contributed by atoms with Crippen LogP contribution in [0.25, 0.3) is 0 Å². The maximum Gasteiger partial charge on any atom is 0.264 e. The molecule has 0 fully saturated rings. The number of nitrogens with zero attached hydrogens (tertiary/aromatic N) is 1. The van der Waals surface area contributed by atoms with Crippen molar-refractivity contribution in [3.8, 4) is 0 Å². The highest BCUT2D eigenvalue weighted by atomic mass is 35.5. The van der Waals surface area contributed by atoms with E-state index in [9.17, 15) is 13.2 Å². The van der Waals surface area contributed by atoms with E-state index in [1.807, 2.05) is 13.8 Å². The maximum atomic E-state index is 12.9. The third-order valence-electron chi connectivity index (χ3n) is 4.33. The van der Waals surface area contributed by atoms with E-state index in [0.717, 1.165) is 6.42 Å². The molecule has 6 nitrogen and oxygen atoms in total. The van der Waals surface area contributed by atoms with Crippen molar-refractivity contribution in [1.82, 2.24) is 5.32 Å². The molecule has 0 aromatic heterocycles. The summed E-state index contributed by atoms with van der Waals surface area (Å²) in [4.78, 5) is 12.5. The zero-order valence-corrected chi connectivity index (χ0v) is 18.7. The molecule has 0 saturated heterocycles. The zero-order valence-electron chi connectivity index (χ0n) is 17.1. The highest BCUT2D eigenvalue weighted by Crippen LogP contribution is 2.26. The van der Waals surface area contributed by atoms with Crippen LogP contribution in [0.5, 0.6) is 0 Å². The summed E-state index contributed by atoms with van der Waals surface area (Å²) in [5, 5.41) is 3.31. The van der Waals surface area contributed by atoms with E-state index in [0.29, 0.717) is 35.0 Å². The molecule has 0 aliphatic rings. The second-order valence-corrected chi connectivity index (χ2v) is 9.36. The van der Waals surface area contributed by atoms with Crippen LogP contribution >= 0.6 is 11.6 Å². The number of benzene rings is 2. The Morgan fingerprint density at radius 3 is 2.41 bits per heavy atom. The monoisotopic (exact) mass is 438 g/mol. The van der Waals surface area contributed by atoms with Gasteiger partial charge < -0.3 is 10.1 Å². The highest BCUT2D eigenvalue weighted by Gasteiger charge is 2.23. The molecule has 0 radical (unpaired) electrons. The second-order valence-electron chi connectivity index (χ2n) is 6.96. The van der Waals surface area contributed by atoms with Gasteiger partial charge in [0.2, 0.25) is 0 Å². The van der Waals surface area contributed by atoms with Crippen LogP contribution in [-0.4, -0.2) is 40.6 Å². The van der Waals surface area contributed by atoms with Crippen molar-refractivity contribution < 1.29 is 17.9 Å². The summed E-state index contributed by atoms with van der Waals surface area (Å²) in [5.41, 5.74) is 1.66. The van der Waals surface area contributed by atoms with Crippen molar-refractivity contribution in [1.29, 1.82) is 0 Å². The third kappa shape index (κ3) is 6.19. The van der Waals surface area contributed by atoms with Crippen molar-refractivity contribution in [3.63, 3.8) is 0 Å². The van der Waals surface area contributed by atoms with Gasteiger partial charge in [-0.2, -0.15) is 0 Å². The molecule has 158 valence electrons. The summed E-state index contributed by atoms with van der Waals surface area (Å²) in [6.07, 6.45) is 0.894. The Balaban J connectivity index is 2.08. The molecule has 2 aromatic carbocycles. The number of halogens is 1. The normalized spacial score (nSPS) is 11.5. The smallest absolute Gasteiger partial charge is 0.264 e. The standard InChI is InChI=1S/C21H27ClN2O4S/c1-15(2)28-13-5-12-23-21(25)17-6-11-20(16(3)14-17)24(4)29(26,27)19-9-7-18(22)8-10-19/h6-11,14-15H,5,12-13H2,1-4H3,(H,23,25). The first-order valence-electron chi connectivity index (χ1n) is 9.38. The summed E-state index contributed by atoms with van der Waals surface area (Å²) in [6.45, 7) is 6.80. The van der Waals surface area contributed by atoms with Gasteiger partial charge in [-0.1, -0.05) is 11.6 Å². The van der Waals surface area contributed by atoms with Crippen molar-refractivity contribution in [2.45, 2.75) is 38.2 Å². The lowest BCUT2D eigenvalue weighted by Gasteiger charge is -2.22. The largest absolute Gasteiger partial charge is 0.379 e. The van der Waals surface area contributed by atoms with E-state index in [1.54, 1.807) is 25.1 Å². The van der Waals surface area contributed by atoms with Gasteiger partial charge in [-0.3, -0.25) is 9.10 Å². The zero-order chi connectivity index (χ0) is 21.6. The van der Waals surface area contributed by atoms with Gasteiger partial charge in [0.1, 0.15) is 0 Å². The molecule has 0 bridgehead atoms. The van der Waals surface area contributed by atoms with Crippen LogP contribution in [0.15, 0.2) is 47.4 Å². The van der Waals surface area contributed by atoms with Crippen LogP contribution in [0.1, 0.15) is 36.2 Å². The van der Waals surface area contributed by atoms with Crippen molar-refractivity contribution >= 4 is 33.2 Å². The molecule has 0 atom stereocenters. The lowest BCUT2D eigenvalue weighted by atomic mass is 10.1. The molecule has 0 spiro atoms. The molecule has 0 unspecified atom stereocenters. The lowest BCUT2D eigenvalue weighted by molar-refractivity contribution is 0.0757. The molecular formula is C21H27ClN2O4S. The molecule has 2 rings (SSSR count). The van der Waals surface area contributed by atoms with Gasteiger partial charge in [0.25, 0.3) is 15.9 Å². The van der Waals surface area contributed by atoms with Crippen molar-refractivity contribution in [2.75, 3.05) is 24.5 Å². The summed E-state index contributed by atoms with van der Waals surface area (Å²) in [5.74, 6) is -0.201. The minimum Gasteiger partial charge on any atom is -0.379 e.